The lowest BCUT2D eigenvalue weighted by molar-refractivity contribution is -0.128. The molecular formula is C11H22N2O2. The van der Waals surface area contributed by atoms with Crippen molar-refractivity contribution in [2.75, 3.05) is 13.2 Å². The predicted molar refractivity (Wildman–Crippen MR) is 59.5 cm³/mol. The Labute approximate surface area is 91.4 Å². The van der Waals surface area contributed by atoms with Crippen molar-refractivity contribution in [1.29, 1.82) is 0 Å². The summed E-state index contributed by atoms with van der Waals surface area (Å²) >= 11 is 0. The van der Waals surface area contributed by atoms with Crippen molar-refractivity contribution >= 4 is 5.91 Å². The minimum atomic E-state index is -0.509. The molecule has 1 aliphatic rings. The zero-order valence-electron chi connectivity index (χ0n) is 9.84. The Hall–Kier alpha value is -0.610. The monoisotopic (exact) mass is 214 g/mol. The van der Waals surface area contributed by atoms with E-state index in [1.165, 1.54) is 0 Å². The molecule has 1 fully saturated rings. The van der Waals surface area contributed by atoms with Crippen molar-refractivity contribution in [3.05, 3.63) is 0 Å². The van der Waals surface area contributed by atoms with Gasteiger partial charge in [0.25, 0.3) is 0 Å². The van der Waals surface area contributed by atoms with Gasteiger partial charge < -0.3 is 15.7 Å². The van der Waals surface area contributed by atoms with Gasteiger partial charge in [-0.25, -0.2) is 0 Å². The van der Waals surface area contributed by atoms with E-state index in [0.29, 0.717) is 6.04 Å². The van der Waals surface area contributed by atoms with Gasteiger partial charge in [-0.1, -0.05) is 0 Å². The van der Waals surface area contributed by atoms with Crippen molar-refractivity contribution in [1.82, 2.24) is 10.6 Å². The van der Waals surface area contributed by atoms with Crippen LogP contribution in [-0.2, 0) is 4.79 Å². The highest BCUT2D eigenvalue weighted by molar-refractivity contribution is 5.79. The molecule has 0 aliphatic carbocycles. The van der Waals surface area contributed by atoms with Crippen molar-refractivity contribution in [2.45, 2.75) is 45.2 Å². The van der Waals surface area contributed by atoms with E-state index >= 15 is 0 Å². The molecule has 88 valence electrons. The predicted octanol–water partition coefficient (Wildman–Crippen LogP) is 0.262. The van der Waals surface area contributed by atoms with Crippen LogP contribution in [0.4, 0.5) is 0 Å². The molecule has 2 unspecified atom stereocenters. The van der Waals surface area contributed by atoms with Gasteiger partial charge in [-0.2, -0.15) is 0 Å². The Kier molecular flexibility index (Phi) is 4.11. The molecule has 0 aromatic rings. The van der Waals surface area contributed by atoms with Gasteiger partial charge >= 0.3 is 0 Å². The van der Waals surface area contributed by atoms with Crippen LogP contribution in [0.15, 0.2) is 0 Å². The summed E-state index contributed by atoms with van der Waals surface area (Å²) in [6.45, 7) is 6.62. The lowest BCUT2D eigenvalue weighted by Crippen LogP contribution is -2.51. The molecule has 15 heavy (non-hydrogen) atoms. The molecule has 3 N–H and O–H groups in total. The van der Waals surface area contributed by atoms with E-state index in [0.717, 1.165) is 19.4 Å². The van der Waals surface area contributed by atoms with E-state index < -0.39 is 5.54 Å². The maximum Gasteiger partial charge on any atom is 0.223 e. The van der Waals surface area contributed by atoms with Gasteiger partial charge in [0.2, 0.25) is 5.91 Å². The molecule has 0 aromatic carbocycles. The molecule has 1 saturated heterocycles. The molecule has 0 bridgehead atoms. The number of rotatable bonds is 3. The van der Waals surface area contributed by atoms with Gasteiger partial charge in [0.05, 0.1) is 12.1 Å². The maximum absolute atomic E-state index is 11.9. The highest BCUT2D eigenvalue weighted by atomic mass is 16.3. The van der Waals surface area contributed by atoms with E-state index in [4.69, 9.17) is 5.11 Å². The van der Waals surface area contributed by atoms with E-state index in [9.17, 15) is 4.79 Å². The van der Waals surface area contributed by atoms with Crippen LogP contribution in [-0.4, -0.2) is 35.7 Å². The van der Waals surface area contributed by atoms with Crippen molar-refractivity contribution in [3.63, 3.8) is 0 Å². The SMILES string of the molecule is CC1CC(C(=O)NC(C)(C)CO)CCN1. The van der Waals surface area contributed by atoms with Gasteiger partial charge in [0, 0.05) is 12.0 Å². The number of nitrogens with one attached hydrogen (secondary N) is 2. The summed E-state index contributed by atoms with van der Waals surface area (Å²) in [6, 6.07) is 0.409. The molecular weight excluding hydrogens is 192 g/mol. The highest BCUT2D eigenvalue weighted by Gasteiger charge is 2.28. The van der Waals surface area contributed by atoms with E-state index in [1.807, 2.05) is 13.8 Å². The number of hydrogen-bond acceptors (Lipinski definition) is 3. The standard InChI is InChI=1S/C11H22N2O2/c1-8-6-9(4-5-12-8)10(15)13-11(2,3)7-14/h8-9,12,14H,4-7H2,1-3H3,(H,13,15). The lowest BCUT2D eigenvalue weighted by Gasteiger charge is -2.31. The molecule has 0 radical (unpaired) electrons. The second kappa shape index (κ2) is 4.94. The lowest BCUT2D eigenvalue weighted by atomic mass is 9.91. The molecule has 1 rings (SSSR count). The summed E-state index contributed by atoms with van der Waals surface area (Å²) < 4.78 is 0. The van der Waals surface area contributed by atoms with Crippen molar-refractivity contribution in [2.24, 2.45) is 5.92 Å². The summed E-state index contributed by atoms with van der Waals surface area (Å²) in [5.41, 5.74) is -0.509. The summed E-state index contributed by atoms with van der Waals surface area (Å²) in [5.74, 6) is 0.162. The second-order valence-corrected chi connectivity index (χ2v) is 5.11. The molecule has 1 aliphatic heterocycles. The van der Waals surface area contributed by atoms with E-state index in [1.54, 1.807) is 0 Å². The summed E-state index contributed by atoms with van der Waals surface area (Å²) in [4.78, 5) is 11.9. The van der Waals surface area contributed by atoms with Crippen LogP contribution >= 0.6 is 0 Å². The quantitative estimate of drug-likeness (QED) is 0.631. The van der Waals surface area contributed by atoms with Crippen molar-refractivity contribution < 1.29 is 9.90 Å². The van der Waals surface area contributed by atoms with Crippen molar-refractivity contribution in [3.8, 4) is 0 Å². The normalized spacial score (nSPS) is 27.5. The van der Waals surface area contributed by atoms with Crippen LogP contribution < -0.4 is 10.6 Å². The number of aliphatic hydroxyl groups is 1. The summed E-state index contributed by atoms with van der Waals surface area (Å²) in [7, 11) is 0. The Morgan fingerprint density at radius 3 is 2.80 bits per heavy atom. The fourth-order valence-corrected chi connectivity index (χ4v) is 1.85. The third-order valence-electron chi connectivity index (χ3n) is 2.85. The van der Waals surface area contributed by atoms with Crippen LogP contribution in [0.3, 0.4) is 0 Å². The Morgan fingerprint density at radius 2 is 2.27 bits per heavy atom. The maximum atomic E-state index is 11.9. The highest BCUT2D eigenvalue weighted by Crippen LogP contribution is 2.17. The molecule has 4 nitrogen and oxygen atoms in total. The van der Waals surface area contributed by atoms with Gasteiger partial charge in [0.15, 0.2) is 0 Å². The number of carbonyl (C=O) groups is 1. The third kappa shape index (κ3) is 3.80. The number of amides is 1. The van der Waals surface area contributed by atoms with Crippen LogP contribution in [0, 0.1) is 5.92 Å². The molecule has 0 spiro atoms. The number of aliphatic hydroxyl groups excluding tert-OH is 1. The Bertz CT molecular complexity index is 229. The number of piperidine rings is 1. The molecule has 4 heteroatoms. The second-order valence-electron chi connectivity index (χ2n) is 5.11. The average molecular weight is 214 g/mol. The first-order chi connectivity index (χ1) is 6.94. The summed E-state index contributed by atoms with van der Waals surface area (Å²) in [6.07, 6.45) is 1.77. The fourth-order valence-electron chi connectivity index (χ4n) is 1.85. The van der Waals surface area contributed by atoms with Gasteiger partial charge in [-0.3, -0.25) is 4.79 Å². The van der Waals surface area contributed by atoms with E-state index in [-0.39, 0.29) is 18.4 Å². The Balaban J connectivity index is 2.46. The number of carbonyl (C=O) groups excluding carboxylic acids is 1. The minimum Gasteiger partial charge on any atom is -0.394 e. The smallest absolute Gasteiger partial charge is 0.223 e. The third-order valence-corrected chi connectivity index (χ3v) is 2.85. The zero-order chi connectivity index (χ0) is 11.5. The zero-order valence-corrected chi connectivity index (χ0v) is 9.84. The number of hydrogen-bond donors (Lipinski definition) is 3. The molecule has 2 atom stereocenters. The van der Waals surface area contributed by atoms with Crippen LogP contribution in [0.2, 0.25) is 0 Å². The first kappa shape index (κ1) is 12.5. The fraction of sp³-hybridized carbons (Fsp3) is 0.909. The molecule has 0 aromatic heterocycles. The van der Waals surface area contributed by atoms with Crippen LogP contribution in [0.1, 0.15) is 33.6 Å². The largest absolute Gasteiger partial charge is 0.394 e. The molecule has 1 amide bonds. The molecule has 1 heterocycles. The Morgan fingerprint density at radius 1 is 1.60 bits per heavy atom. The van der Waals surface area contributed by atoms with Crippen LogP contribution in [0.5, 0.6) is 0 Å². The summed E-state index contributed by atoms with van der Waals surface area (Å²) in [5, 5.41) is 15.3. The van der Waals surface area contributed by atoms with Gasteiger partial charge in [-0.05, 0) is 40.2 Å². The van der Waals surface area contributed by atoms with Gasteiger partial charge in [0.1, 0.15) is 0 Å². The first-order valence-corrected chi connectivity index (χ1v) is 5.61. The topological polar surface area (TPSA) is 61.4 Å². The minimum absolute atomic E-state index is 0.0285. The van der Waals surface area contributed by atoms with Gasteiger partial charge in [-0.15, -0.1) is 0 Å². The van der Waals surface area contributed by atoms with Crippen LogP contribution in [0.25, 0.3) is 0 Å². The van der Waals surface area contributed by atoms with E-state index in [2.05, 4.69) is 17.6 Å². The average Bonchev–Trinajstić information content (AvgIpc) is 2.17. The molecule has 0 saturated carbocycles. The first-order valence-electron chi connectivity index (χ1n) is 5.61.